The van der Waals surface area contributed by atoms with E-state index in [2.05, 4.69) is 17.2 Å². The number of allylic oxidation sites excluding steroid dienone is 1. The van der Waals surface area contributed by atoms with Gasteiger partial charge in [-0.1, -0.05) is 30.3 Å². The van der Waals surface area contributed by atoms with Crippen LogP contribution in [-0.2, 0) is 9.53 Å². The topological polar surface area (TPSA) is 112 Å². The van der Waals surface area contributed by atoms with Crippen LogP contribution in [0.5, 0.6) is 0 Å². The van der Waals surface area contributed by atoms with Crippen molar-refractivity contribution in [3.63, 3.8) is 0 Å². The summed E-state index contributed by atoms with van der Waals surface area (Å²) in [6.45, 7) is 3.76. The summed E-state index contributed by atoms with van der Waals surface area (Å²) in [5.74, 6) is 0.489. The maximum atomic E-state index is 12.7. The number of hydrogen-bond acceptors (Lipinski definition) is 7. The number of aromatic nitrogens is 3. The van der Waals surface area contributed by atoms with E-state index < -0.39 is 0 Å². The summed E-state index contributed by atoms with van der Waals surface area (Å²) < 4.78 is 6.71. The number of ketones is 1. The maximum absolute atomic E-state index is 12.7. The zero-order valence-corrected chi connectivity index (χ0v) is 21.4. The van der Waals surface area contributed by atoms with E-state index in [0.29, 0.717) is 36.0 Å². The number of nitrogens with two attached hydrogens (primary N) is 1. The van der Waals surface area contributed by atoms with E-state index in [4.69, 9.17) is 20.4 Å². The molecule has 8 heteroatoms. The Morgan fingerprint density at radius 1 is 1.11 bits per heavy atom. The smallest absolute Gasteiger partial charge is 0.306 e. The number of rotatable bonds is 7. The van der Waals surface area contributed by atoms with Crippen LogP contribution in [0.1, 0.15) is 91.9 Å². The average molecular weight is 500 g/mol. The number of anilines is 1. The van der Waals surface area contributed by atoms with Crippen molar-refractivity contribution in [3.05, 3.63) is 65.1 Å². The zero-order valence-electron chi connectivity index (χ0n) is 21.4. The molecule has 1 aromatic carbocycles. The highest BCUT2D eigenvalue weighted by atomic mass is 16.5. The van der Waals surface area contributed by atoms with E-state index in [9.17, 15) is 9.59 Å². The van der Waals surface area contributed by atoms with E-state index >= 15 is 0 Å². The highest BCUT2D eigenvalue weighted by Gasteiger charge is 2.30. The highest BCUT2D eigenvalue weighted by Crippen LogP contribution is 2.40. The third-order valence-corrected chi connectivity index (χ3v) is 7.52. The molecular weight excluding hydrogens is 466 g/mol. The molecule has 0 spiro atoms. The molecule has 0 bridgehead atoms. The van der Waals surface area contributed by atoms with Crippen LogP contribution < -0.4 is 5.73 Å². The first kappa shape index (κ1) is 24.9. The summed E-state index contributed by atoms with van der Waals surface area (Å²) in [4.78, 5) is 34.4. The third kappa shape index (κ3) is 5.05. The van der Waals surface area contributed by atoms with Gasteiger partial charge in [0.15, 0.2) is 11.4 Å². The number of Topliss-reactive ketones (excluding diaryl/α,β-unsaturated/α-hetero) is 1. The van der Waals surface area contributed by atoms with Crippen LogP contribution in [0.25, 0.3) is 11.2 Å². The molecule has 2 aliphatic rings. The largest absolute Gasteiger partial charge is 0.466 e. The van der Waals surface area contributed by atoms with Crippen LogP contribution in [0.3, 0.4) is 0 Å². The molecule has 0 atom stereocenters. The van der Waals surface area contributed by atoms with Gasteiger partial charge in [-0.2, -0.15) is 9.61 Å². The summed E-state index contributed by atoms with van der Waals surface area (Å²) >= 11 is 0. The number of fused-ring (bicyclic) bond motifs is 1. The van der Waals surface area contributed by atoms with Gasteiger partial charge in [-0.3, -0.25) is 14.6 Å². The van der Waals surface area contributed by atoms with Gasteiger partial charge in [-0.25, -0.2) is 4.98 Å². The molecule has 3 aromatic rings. The minimum absolute atomic E-state index is 0.107. The first-order valence-corrected chi connectivity index (χ1v) is 13.1. The maximum Gasteiger partial charge on any atom is 0.306 e. The molecule has 3 heterocycles. The number of aliphatic imine (C=N–C) groups is 1. The Morgan fingerprint density at radius 2 is 1.86 bits per heavy atom. The summed E-state index contributed by atoms with van der Waals surface area (Å²) in [5.41, 5.74) is 12.5. The fraction of sp³-hybridized carbons (Fsp3) is 0.414. The Kier molecular flexibility index (Phi) is 7.17. The van der Waals surface area contributed by atoms with Crippen molar-refractivity contribution in [2.75, 3.05) is 12.3 Å². The number of ether oxygens (including phenoxy) is 1. The van der Waals surface area contributed by atoms with Gasteiger partial charge >= 0.3 is 5.97 Å². The van der Waals surface area contributed by atoms with Crippen LogP contribution in [0.4, 0.5) is 5.82 Å². The van der Waals surface area contributed by atoms with Crippen LogP contribution in [-0.4, -0.2) is 38.7 Å². The fourth-order valence-electron chi connectivity index (χ4n) is 5.60. The first-order valence-electron chi connectivity index (χ1n) is 13.1. The zero-order chi connectivity index (χ0) is 25.9. The quantitative estimate of drug-likeness (QED) is 0.346. The minimum atomic E-state index is -0.137. The number of nitrogen functional groups attached to an aromatic ring is 1. The van der Waals surface area contributed by atoms with Gasteiger partial charge in [0.1, 0.15) is 5.82 Å². The second kappa shape index (κ2) is 10.7. The van der Waals surface area contributed by atoms with Gasteiger partial charge in [0.2, 0.25) is 0 Å². The fourth-order valence-corrected chi connectivity index (χ4v) is 5.60. The van der Waals surface area contributed by atoms with Crippen molar-refractivity contribution in [1.29, 1.82) is 0 Å². The van der Waals surface area contributed by atoms with Crippen LogP contribution in [0.15, 0.2) is 47.7 Å². The minimum Gasteiger partial charge on any atom is -0.466 e. The normalized spacial score (nSPS) is 19.8. The predicted octanol–water partition coefficient (Wildman–Crippen LogP) is 5.37. The lowest BCUT2D eigenvalue weighted by Gasteiger charge is -2.29. The Labute approximate surface area is 216 Å². The number of carbonyl (C=O) groups excluding carboxylic acids is 2. The molecule has 8 nitrogen and oxygen atoms in total. The predicted molar refractivity (Wildman–Crippen MR) is 144 cm³/mol. The Bertz CT molecular complexity index is 1380. The molecule has 0 unspecified atom stereocenters. The summed E-state index contributed by atoms with van der Waals surface area (Å²) in [7, 11) is 0. The van der Waals surface area contributed by atoms with Gasteiger partial charge in [0, 0.05) is 29.8 Å². The molecule has 0 amide bonds. The summed E-state index contributed by atoms with van der Waals surface area (Å²) in [6, 6.07) is 10.2. The van der Waals surface area contributed by atoms with Crippen LogP contribution in [0.2, 0.25) is 0 Å². The molecule has 192 valence electrons. The van der Waals surface area contributed by atoms with E-state index in [-0.39, 0.29) is 17.7 Å². The molecule has 1 aliphatic carbocycles. The summed E-state index contributed by atoms with van der Waals surface area (Å²) in [6.07, 6.45) is 9.25. The monoisotopic (exact) mass is 499 g/mol. The average Bonchev–Trinajstić information content (AvgIpc) is 3.34. The molecule has 1 saturated carbocycles. The second-order valence-corrected chi connectivity index (χ2v) is 9.93. The Balaban J connectivity index is 1.45. The molecule has 2 aromatic heterocycles. The van der Waals surface area contributed by atoms with Crippen molar-refractivity contribution >= 4 is 34.5 Å². The standard InChI is InChI=1S/C29H33N5O3/c1-3-37-25(36)15-19-9-11-21(12-10-19)27-26(18(2)35)28(30)34-29(33-27)23(17-32-34)22-13-14-24(31-16-22)20-7-5-4-6-8-20/h4-8,16-17,19,21H,3,9-15,30H2,1-2H3. The number of esters is 1. The first-order chi connectivity index (χ1) is 18.0. The van der Waals surface area contributed by atoms with Crippen molar-refractivity contribution in [1.82, 2.24) is 14.6 Å². The van der Waals surface area contributed by atoms with Crippen molar-refractivity contribution in [2.45, 2.75) is 64.7 Å². The second-order valence-electron chi connectivity index (χ2n) is 9.93. The molecule has 1 fully saturated rings. The van der Waals surface area contributed by atoms with Gasteiger partial charge in [-0.15, -0.1) is 0 Å². The number of nitrogens with zero attached hydrogens (tertiary/aromatic N) is 4. The van der Waals surface area contributed by atoms with Crippen molar-refractivity contribution < 1.29 is 14.3 Å². The molecular formula is C29H33N5O3. The van der Waals surface area contributed by atoms with Crippen molar-refractivity contribution in [2.24, 2.45) is 10.9 Å². The summed E-state index contributed by atoms with van der Waals surface area (Å²) in [5, 5.41) is 4.50. The van der Waals surface area contributed by atoms with Gasteiger partial charge < -0.3 is 10.5 Å². The molecule has 2 N–H and O–H groups in total. The van der Waals surface area contributed by atoms with Crippen molar-refractivity contribution in [3.8, 4) is 0 Å². The number of hydrogen-bond donors (Lipinski definition) is 1. The van der Waals surface area contributed by atoms with E-state index in [1.54, 1.807) is 10.7 Å². The van der Waals surface area contributed by atoms with Crippen LogP contribution in [0, 0.1) is 5.92 Å². The Morgan fingerprint density at radius 3 is 2.51 bits per heavy atom. The molecule has 0 saturated heterocycles. The SMILES string of the molecule is CCOC(=O)CC1CCC(c2nc3c(C4=CN=C(c5ccccc5)CC4)cnn3c(N)c2C(C)=O)CC1. The number of benzene rings is 1. The lowest BCUT2D eigenvalue weighted by Crippen LogP contribution is -2.21. The third-order valence-electron chi connectivity index (χ3n) is 7.52. The molecule has 37 heavy (non-hydrogen) atoms. The van der Waals surface area contributed by atoms with Crippen LogP contribution >= 0.6 is 0 Å². The van der Waals surface area contributed by atoms with E-state index in [1.807, 2.05) is 31.3 Å². The van der Waals surface area contributed by atoms with E-state index in [1.165, 1.54) is 6.92 Å². The van der Waals surface area contributed by atoms with Gasteiger partial charge in [0.25, 0.3) is 0 Å². The lowest BCUT2D eigenvalue weighted by atomic mass is 9.78. The molecule has 5 rings (SSSR count). The highest BCUT2D eigenvalue weighted by molar-refractivity contribution is 6.03. The lowest BCUT2D eigenvalue weighted by molar-refractivity contribution is -0.144. The van der Waals surface area contributed by atoms with E-state index in [0.717, 1.165) is 66.6 Å². The number of carbonyl (C=O) groups is 2. The Hall–Kier alpha value is -3.81. The molecule has 1 aliphatic heterocycles. The van der Waals surface area contributed by atoms with Gasteiger partial charge in [-0.05, 0) is 69.4 Å². The van der Waals surface area contributed by atoms with Gasteiger partial charge in [0.05, 0.1) is 24.1 Å². The molecule has 0 radical (unpaired) electrons.